The minimum Gasteiger partial charge on any atom is -0.493 e. The van der Waals surface area contributed by atoms with Gasteiger partial charge in [-0.25, -0.2) is 9.69 Å². The molecule has 3 aliphatic rings. The Morgan fingerprint density at radius 3 is 2.58 bits per heavy atom. The van der Waals surface area contributed by atoms with E-state index in [1.165, 1.54) is 4.90 Å². The predicted molar refractivity (Wildman–Crippen MR) is 113 cm³/mol. The molecule has 0 saturated carbocycles. The maximum atomic E-state index is 13.8. The molecule has 0 N–H and O–H groups in total. The highest BCUT2D eigenvalue weighted by atomic mass is 16.5. The van der Waals surface area contributed by atoms with Crippen molar-refractivity contribution < 1.29 is 23.9 Å². The number of carbonyl (C=O) groups excluding carboxylic acids is 3. The van der Waals surface area contributed by atoms with Crippen molar-refractivity contribution in [1.82, 2.24) is 4.90 Å². The normalized spacial score (nSPS) is 28.7. The van der Waals surface area contributed by atoms with Crippen LogP contribution in [0.25, 0.3) is 0 Å². The molecule has 0 aliphatic carbocycles. The number of aryl methyl sites for hydroxylation is 1. The molecule has 0 spiro atoms. The Morgan fingerprint density at radius 2 is 1.87 bits per heavy atom. The van der Waals surface area contributed by atoms with Crippen LogP contribution in [0.2, 0.25) is 0 Å². The lowest BCUT2D eigenvalue weighted by molar-refractivity contribution is -0.154. The predicted octanol–water partition coefficient (Wildman–Crippen LogP) is 3.47. The number of hydrogen-bond acceptors (Lipinski definition) is 5. The van der Waals surface area contributed by atoms with Gasteiger partial charge >= 0.3 is 12.0 Å². The zero-order valence-electron chi connectivity index (χ0n) is 17.7. The van der Waals surface area contributed by atoms with Gasteiger partial charge in [-0.05, 0) is 39.0 Å². The fourth-order valence-electron chi connectivity index (χ4n) is 5.36. The first-order valence-corrected chi connectivity index (χ1v) is 10.5. The number of hydrogen-bond donors (Lipinski definition) is 0. The molecular weight excluding hydrogens is 396 g/mol. The topological polar surface area (TPSA) is 76.2 Å². The number of esters is 1. The smallest absolute Gasteiger partial charge is 0.332 e. The molecule has 3 amide bonds. The number of carbonyl (C=O) groups is 3. The quantitative estimate of drug-likeness (QED) is 0.561. The summed E-state index contributed by atoms with van der Waals surface area (Å²) in [5.41, 5.74) is 0.974. The molecule has 3 heterocycles. The molecular formula is C24H24N2O5. The second-order valence-electron chi connectivity index (χ2n) is 8.46. The van der Waals surface area contributed by atoms with Gasteiger partial charge in [-0.15, -0.1) is 0 Å². The van der Waals surface area contributed by atoms with Gasteiger partial charge in [0.15, 0.2) is 0 Å². The summed E-state index contributed by atoms with van der Waals surface area (Å²) < 4.78 is 11.3. The van der Waals surface area contributed by atoms with Crippen LogP contribution >= 0.6 is 0 Å². The molecule has 7 nitrogen and oxygen atoms in total. The Labute approximate surface area is 180 Å². The van der Waals surface area contributed by atoms with Crippen LogP contribution in [-0.2, 0) is 14.3 Å². The first kappa shape index (κ1) is 19.6. The molecule has 2 fully saturated rings. The van der Waals surface area contributed by atoms with E-state index in [9.17, 15) is 14.4 Å². The minimum atomic E-state index is -1.36. The van der Waals surface area contributed by atoms with Crippen molar-refractivity contribution in [3.8, 4) is 5.75 Å². The van der Waals surface area contributed by atoms with Gasteiger partial charge < -0.3 is 14.4 Å². The molecule has 0 aromatic heterocycles. The van der Waals surface area contributed by atoms with Crippen molar-refractivity contribution in [2.75, 3.05) is 18.1 Å². The molecule has 3 aliphatic heterocycles. The van der Waals surface area contributed by atoms with Crippen LogP contribution in [0.15, 0.2) is 48.5 Å². The maximum Gasteiger partial charge on any atom is 0.332 e. The number of nitrogens with zero attached hydrogens (tertiary/aromatic N) is 2. The molecule has 31 heavy (non-hydrogen) atoms. The second kappa shape index (κ2) is 6.83. The molecule has 5 rings (SSSR count). The van der Waals surface area contributed by atoms with E-state index in [2.05, 4.69) is 0 Å². The molecule has 2 aromatic carbocycles. The number of fused-ring (bicyclic) bond motifs is 5. The average molecular weight is 420 g/mol. The fraction of sp³-hybridized carbons (Fsp3) is 0.375. The third-order valence-electron chi connectivity index (χ3n) is 6.75. The summed E-state index contributed by atoms with van der Waals surface area (Å²) in [7, 11) is 0. The van der Waals surface area contributed by atoms with Crippen molar-refractivity contribution in [1.29, 1.82) is 0 Å². The van der Waals surface area contributed by atoms with Gasteiger partial charge in [0.05, 0.1) is 30.9 Å². The minimum absolute atomic E-state index is 0.198. The summed E-state index contributed by atoms with van der Waals surface area (Å²) >= 11 is 0. The SMILES string of the molecule is CCOC(=O)[C@@H]1[C@H]2COc3ccccc3[C@@H]2N2C(=O)N(c3ccc(C)cc3)C(=O)[C@@]12C. The fourth-order valence-corrected chi connectivity index (χ4v) is 5.36. The van der Waals surface area contributed by atoms with E-state index in [1.807, 2.05) is 43.3 Å². The van der Waals surface area contributed by atoms with Gasteiger partial charge in [-0.3, -0.25) is 9.59 Å². The van der Waals surface area contributed by atoms with Crippen LogP contribution in [0.3, 0.4) is 0 Å². The van der Waals surface area contributed by atoms with Gasteiger partial charge in [-0.1, -0.05) is 35.9 Å². The molecule has 7 heteroatoms. The van der Waals surface area contributed by atoms with Crippen molar-refractivity contribution in [2.45, 2.75) is 32.4 Å². The van der Waals surface area contributed by atoms with Crippen molar-refractivity contribution in [2.24, 2.45) is 11.8 Å². The summed E-state index contributed by atoms with van der Waals surface area (Å²) in [6, 6.07) is 13.8. The molecule has 2 saturated heterocycles. The van der Waals surface area contributed by atoms with Crippen molar-refractivity contribution in [3.05, 3.63) is 59.7 Å². The van der Waals surface area contributed by atoms with Crippen LogP contribution in [0.5, 0.6) is 5.75 Å². The zero-order valence-corrected chi connectivity index (χ0v) is 17.7. The number of imide groups is 1. The van der Waals surface area contributed by atoms with Crippen molar-refractivity contribution >= 4 is 23.6 Å². The number of anilines is 1. The Hall–Kier alpha value is -3.35. The standard InChI is InChI=1S/C24H24N2O5/c1-4-30-21(27)19-17-13-31-18-8-6-5-7-16(18)20(17)26-23(29)25(22(28)24(19,26)3)15-11-9-14(2)10-12-15/h5-12,17,19-20H,4,13H2,1-3H3/t17-,19+,20+,24-/m1/s1. The summed E-state index contributed by atoms with van der Waals surface area (Å²) in [6.45, 7) is 5.80. The van der Waals surface area contributed by atoms with Crippen LogP contribution < -0.4 is 9.64 Å². The van der Waals surface area contributed by atoms with Crippen LogP contribution in [0.4, 0.5) is 10.5 Å². The van der Waals surface area contributed by atoms with Gasteiger partial charge in [-0.2, -0.15) is 0 Å². The lowest BCUT2D eigenvalue weighted by atomic mass is 9.77. The third kappa shape index (κ3) is 2.55. The van der Waals surface area contributed by atoms with Gasteiger partial charge in [0.2, 0.25) is 0 Å². The van der Waals surface area contributed by atoms with Crippen LogP contribution in [-0.4, -0.2) is 41.6 Å². The average Bonchev–Trinajstić information content (AvgIpc) is 3.14. The van der Waals surface area contributed by atoms with E-state index >= 15 is 0 Å². The Kier molecular flexibility index (Phi) is 4.32. The van der Waals surface area contributed by atoms with E-state index in [0.717, 1.165) is 11.1 Å². The molecule has 0 unspecified atom stereocenters. The number of rotatable bonds is 3. The van der Waals surface area contributed by atoms with Gasteiger partial charge in [0.1, 0.15) is 11.3 Å². The second-order valence-corrected chi connectivity index (χ2v) is 8.46. The van der Waals surface area contributed by atoms with E-state index in [4.69, 9.17) is 9.47 Å². The van der Waals surface area contributed by atoms with Gasteiger partial charge in [0, 0.05) is 11.5 Å². The number of benzene rings is 2. The highest BCUT2D eigenvalue weighted by Crippen LogP contribution is 2.58. The Morgan fingerprint density at radius 1 is 1.16 bits per heavy atom. The zero-order chi connectivity index (χ0) is 21.9. The molecule has 2 aromatic rings. The lowest BCUT2D eigenvalue weighted by Crippen LogP contribution is -2.51. The number of amides is 3. The monoisotopic (exact) mass is 420 g/mol. The summed E-state index contributed by atoms with van der Waals surface area (Å²) in [5.74, 6) is -1.40. The molecule has 0 radical (unpaired) electrons. The summed E-state index contributed by atoms with van der Waals surface area (Å²) in [6.07, 6.45) is 0. The first-order chi connectivity index (χ1) is 14.9. The van der Waals surface area contributed by atoms with Gasteiger partial charge in [0.25, 0.3) is 5.91 Å². The highest BCUT2D eigenvalue weighted by molar-refractivity contribution is 6.24. The van der Waals surface area contributed by atoms with Crippen molar-refractivity contribution in [3.63, 3.8) is 0 Å². The highest BCUT2D eigenvalue weighted by Gasteiger charge is 2.72. The molecule has 4 atom stereocenters. The summed E-state index contributed by atoms with van der Waals surface area (Å²) in [4.78, 5) is 43.4. The Balaban J connectivity index is 1.67. The maximum absolute atomic E-state index is 13.8. The van der Waals surface area contributed by atoms with Crippen LogP contribution in [0, 0.1) is 18.8 Å². The number of para-hydroxylation sites is 1. The third-order valence-corrected chi connectivity index (χ3v) is 6.75. The number of urea groups is 1. The number of ether oxygens (including phenoxy) is 2. The van der Waals surface area contributed by atoms with E-state index in [0.29, 0.717) is 11.4 Å². The van der Waals surface area contributed by atoms with Crippen LogP contribution in [0.1, 0.15) is 31.0 Å². The molecule has 0 bridgehead atoms. The van der Waals surface area contributed by atoms with E-state index in [-0.39, 0.29) is 19.1 Å². The van der Waals surface area contributed by atoms with E-state index < -0.39 is 35.4 Å². The summed E-state index contributed by atoms with van der Waals surface area (Å²) in [5, 5.41) is 0. The van der Waals surface area contributed by atoms with E-state index in [1.54, 1.807) is 30.9 Å². The Bertz CT molecular complexity index is 1080. The lowest BCUT2D eigenvalue weighted by Gasteiger charge is -2.34. The molecule has 160 valence electrons. The first-order valence-electron chi connectivity index (χ1n) is 10.5. The largest absolute Gasteiger partial charge is 0.493 e.